The number of rotatable bonds is 5. The lowest BCUT2D eigenvalue weighted by atomic mass is 10.2. The van der Waals surface area contributed by atoms with Crippen LogP contribution in [0.25, 0.3) is 10.9 Å². The van der Waals surface area contributed by atoms with Crippen molar-refractivity contribution >= 4 is 51.5 Å². The van der Waals surface area contributed by atoms with Gasteiger partial charge in [0, 0.05) is 43.3 Å². The van der Waals surface area contributed by atoms with Crippen molar-refractivity contribution in [2.75, 3.05) is 53.3 Å². The molecule has 0 radical (unpaired) electrons. The second-order valence-electron chi connectivity index (χ2n) is 7.32. The second-order valence-corrected chi connectivity index (χ2v) is 8.09. The summed E-state index contributed by atoms with van der Waals surface area (Å²) in [6.07, 6.45) is 5.51. The van der Waals surface area contributed by atoms with Crippen LogP contribution < -0.4 is 20.9 Å². The molecule has 31 heavy (non-hydrogen) atoms. The molecular weight excluding hydrogens is 410 g/mol. The van der Waals surface area contributed by atoms with Crippen molar-refractivity contribution in [3.8, 4) is 0 Å². The highest BCUT2D eigenvalue weighted by Gasteiger charge is 2.20. The average Bonchev–Trinajstić information content (AvgIpc) is 3.27. The van der Waals surface area contributed by atoms with Gasteiger partial charge in [-0.3, -0.25) is 5.10 Å². The van der Waals surface area contributed by atoms with Crippen molar-refractivity contribution in [3.63, 3.8) is 0 Å². The molecule has 3 aromatic heterocycles. The third-order valence-corrected chi connectivity index (χ3v) is 5.83. The zero-order chi connectivity index (χ0) is 21.2. The minimum absolute atomic E-state index is 0.680. The number of nitrogens with zero attached hydrogens (tertiary/aromatic N) is 6. The minimum atomic E-state index is 0.680. The van der Waals surface area contributed by atoms with E-state index in [2.05, 4.69) is 41.3 Å². The molecule has 0 unspecified atom stereocenters. The molecule has 158 valence electrons. The highest BCUT2D eigenvalue weighted by Crippen LogP contribution is 2.26. The number of anilines is 5. The van der Waals surface area contributed by atoms with Gasteiger partial charge < -0.3 is 20.9 Å². The molecule has 9 nitrogen and oxygen atoms in total. The fraction of sp³-hybridized carbons (Fsp3) is 0.238. The van der Waals surface area contributed by atoms with Gasteiger partial charge in [0.05, 0.1) is 23.6 Å². The standard InChI is InChI=1S/C21H23N9S/c1-31-21-26-18(25-16-3-4-17-14(10-16)12-24-28-17)11-20(27-21)30-8-6-29(7-9-30)19-5-2-15(22)13-23-19/h2-5,10-13H,6-9,22H2,1H3,(H,24,28)(H,25,26,27). The minimum Gasteiger partial charge on any atom is -0.397 e. The molecule has 0 aliphatic carbocycles. The molecule has 4 N–H and O–H groups in total. The van der Waals surface area contributed by atoms with E-state index in [9.17, 15) is 0 Å². The predicted molar refractivity (Wildman–Crippen MR) is 126 cm³/mol. The van der Waals surface area contributed by atoms with Gasteiger partial charge in [0.25, 0.3) is 0 Å². The van der Waals surface area contributed by atoms with Crippen LogP contribution in [-0.4, -0.2) is 57.6 Å². The summed E-state index contributed by atoms with van der Waals surface area (Å²) in [4.78, 5) is 18.4. The van der Waals surface area contributed by atoms with E-state index in [1.54, 1.807) is 6.20 Å². The molecule has 4 heterocycles. The van der Waals surface area contributed by atoms with E-state index < -0.39 is 0 Å². The topological polar surface area (TPSA) is 112 Å². The Morgan fingerprint density at radius 1 is 0.968 bits per heavy atom. The van der Waals surface area contributed by atoms with Gasteiger partial charge in [0.1, 0.15) is 17.5 Å². The van der Waals surface area contributed by atoms with Gasteiger partial charge in [-0.15, -0.1) is 0 Å². The smallest absolute Gasteiger partial charge is 0.191 e. The summed E-state index contributed by atoms with van der Waals surface area (Å²) in [5, 5.41) is 12.3. The molecule has 5 rings (SSSR count). The Kier molecular flexibility index (Phi) is 5.21. The zero-order valence-electron chi connectivity index (χ0n) is 17.1. The Morgan fingerprint density at radius 3 is 2.52 bits per heavy atom. The number of hydrogen-bond acceptors (Lipinski definition) is 9. The van der Waals surface area contributed by atoms with Gasteiger partial charge in [-0.1, -0.05) is 11.8 Å². The number of nitrogens with two attached hydrogens (primary N) is 1. The van der Waals surface area contributed by atoms with Crippen LogP contribution in [-0.2, 0) is 0 Å². The van der Waals surface area contributed by atoms with Gasteiger partial charge in [-0.25, -0.2) is 15.0 Å². The van der Waals surface area contributed by atoms with E-state index in [-0.39, 0.29) is 0 Å². The first-order valence-electron chi connectivity index (χ1n) is 10.0. The first-order chi connectivity index (χ1) is 15.2. The van der Waals surface area contributed by atoms with Crippen LogP contribution in [0.4, 0.5) is 28.8 Å². The Labute approximate surface area is 184 Å². The summed E-state index contributed by atoms with van der Waals surface area (Å²) in [6.45, 7) is 3.46. The number of aromatic nitrogens is 5. The first-order valence-corrected chi connectivity index (χ1v) is 11.2. The third kappa shape index (κ3) is 4.19. The van der Waals surface area contributed by atoms with Gasteiger partial charge in [0.2, 0.25) is 0 Å². The number of benzene rings is 1. The summed E-state index contributed by atoms with van der Waals surface area (Å²) < 4.78 is 0. The van der Waals surface area contributed by atoms with Crippen molar-refractivity contribution in [3.05, 3.63) is 48.8 Å². The summed E-state index contributed by atoms with van der Waals surface area (Å²) in [5.74, 6) is 2.66. The molecule has 10 heteroatoms. The molecule has 1 saturated heterocycles. The fourth-order valence-electron chi connectivity index (χ4n) is 3.65. The van der Waals surface area contributed by atoms with Crippen LogP contribution in [0, 0.1) is 0 Å². The van der Waals surface area contributed by atoms with Crippen LogP contribution in [0.5, 0.6) is 0 Å². The Morgan fingerprint density at radius 2 is 1.77 bits per heavy atom. The maximum atomic E-state index is 5.76. The quantitative estimate of drug-likeness (QED) is 0.323. The van der Waals surface area contributed by atoms with Crippen LogP contribution >= 0.6 is 11.8 Å². The zero-order valence-corrected chi connectivity index (χ0v) is 17.9. The maximum Gasteiger partial charge on any atom is 0.191 e. The monoisotopic (exact) mass is 433 g/mol. The van der Waals surface area contributed by atoms with Crippen LogP contribution in [0.3, 0.4) is 0 Å². The number of thioether (sulfide) groups is 1. The highest BCUT2D eigenvalue weighted by atomic mass is 32.2. The van der Waals surface area contributed by atoms with E-state index in [0.717, 1.165) is 65.4 Å². The Bertz CT molecular complexity index is 1180. The molecule has 1 aliphatic heterocycles. The lowest BCUT2D eigenvalue weighted by Gasteiger charge is -2.36. The number of piperazine rings is 1. The maximum absolute atomic E-state index is 5.76. The van der Waals surface area contributed by atoms with Crippen LogP contribution in [0.15, 0.2) is 53.9 Å². The van der Waals surface area contributed by atoms with Gasteiger partial charge in [0.15, 0.2) is 5.16 Å². The van der Waals surface area contributed by atoms with Crippen molar-refractivity contribution in [2.45, 2.75) is 5.16 Å². The number of H-pyrrole nitrogens is 1. The lowest BCUT2D eigenvalue weighted by molar-refractivity contribution is 0.638. The molecule has 0 atom stereocenters. The van der Waals surface area contributed by atoms with E-state index in [4.69, 9.17) is 10.7 Å². The van der Waals surface area contributed by atoms with Gasteiger partial charge in [-0.05, 0) is 36.6 Å². The van der Waals surface area contributed by atoms with Crippen molar-refractivity contribution < 1.29 is 0 Å². The van der Waals surface area contributed by atoms with Crippen LogP contribution in [0.1, 0.15) is 0 Å². The predicted octanol–water partition coefficient (Wildman–Crippen LogP) is 3.12. The number of aromatic amines is 1. The average molecular weight is 434 g/mol. The Hall–Kier alpha value is -3.53. The van der Waals surface area contributed by atoms with Crippen molar-refractivity contribution in [2.24, 2.45) is 0 Å². The fourth-order valence-corrected chi connectivity index (χ4v) is 4.02. The molecule has 0 bridgehead atoms. The van der Waals surface area contributed by atoms with Crippen LogP contribution in [0.2, 0.25) is 0 Å². The largest absolute Gasteiger partial charge is 0.397 e. The van der Waals surface area contributed by atoms with E-state index >= 15 is 0 Å². The molecular formula is C21H23N9S. The molecule has 0 amide bonds. The molecule has 4 aromatic rings. The second kappa shape index (κ2) is 8.31. The summed E-state index contributed by atoms with van der Waals surface area (Å²) >= 11 is 1.54. The number of hydrogen-bond donors (Lipinski definition) is 3. The molecule has 0 spiro atoms. The van der Waals surface area contributed by atoms with E-state index in [0.29, 0.717) is 5.69 Å². The van der Waals surface area contributed by atoms with Gasteiger partial charge in [-0.2, -0.15) is 5.10 Å². The summed E-state index contributed by atoms with van der Waals surface area (Å²) in [5.41, 5.74) is 8.41. The third-order valence-electron chi connectivity index (χ3n) is 5.29. The number of pyridine rings is 1. The Balaban J connectivity index is 1.33. The van der Waals surface area contributed by atoms with Crippen molar-refractivity contribution in [1.82, 2.24) is 25.1 Å². The molecule has 0 saturated carbocycles. The molecule has 1 aromatic carbocycles. The number of nitrogen functional groups attached to an aromatic ring is 1. The lowest BCUT2D eigenvalue weighted by Crippen LogP contribution is -2.47. The summed E-state index contributed by atoms with van der Waals surface area (Å²) in [6, 6.07) is 11.9. The molecule has 1 aliphatic rings. The highest BCUT2D eigenvalue weighted by molar-refractivity contribution is 7.98. The normalized spacial score (nSPS) is 14.2. The summed E-state index contributed by atoms with van der Waals surface area (Å²) in [7, 11) is 0. The van der Waals surface area contributed by atoms with E-state index in [1.165, 1.54) is 11.8 Å². The van der Waals surface area contributed by atoms with E-state index in [1.807, 2.05) is 42.8 Å². The number of nitrogens with one attached hydrogen (secondary N) is 2. The SMILES string of the molecule is CSc1nc(Nc2ccc3[nH]ncc3c2)cc(N2CCN(c3ccc(N)cn3)CC2)n1. The van der Waals surface area contributed by atoms with Gasteiger partial charge >= 0.3 is 0 Å². The number of fused-ring (bicyclic) bond motifs is 1. The molecule has 1 fully saturated rings. The first kappa shape index (κ1) is 19.4. The van der Waals surface area contributed by atoms with Crippen molar-refractivity contribution in [1.29, 1.82) is 0 Å².